The molecule has 0 saturated heterocycles. The van der Waals surface area contributed by atoms with Crippen LogP contribution in [-0.4, -0.2) is 12.5 Å². The Morgan fingerprint density at radius 1 is 1.29 bits per heavy atom. The van der Waals surface area contributed by atoms with Gasteiger partial charge in [-0.1, -0.05) is 12.1 Å². The van der Waals surface area contributed by atoms with E-state index in [1.165, 1.54) is 0 Å². The Morgan fingerprint density at radius 2 is 2.00 bits per heavy atom. The molecule has 0 atom stereocenters. The van der Waals surface area contributed by atoms with Crippen LogP contribution in [0.4, 0.5) is 0 Å². The zero-order valence-corrected chi connectivity index (χ0v) is 10.3. The average molecular weight is 251 g/mol. The molecule has 0 heterocycles. The second-order valence-corrected chi connectivity index (χ2v) is 3.97. The lowest BCUT2D eigenvalue weighted by molar-refractivity contribution is 0.0953. The summed E-state index contributed by atoms with van der Waals surface area (Å²) in [6, 6.07) is 9.30. The zero-order chi connectivity index (χ0) is 12.5. The summed E-state index contributed by atoms with van der Waals surface area (Å²) in [5.41, 5.74) is 1.64. The summed E-state index contributed by atoms with van der Waals surface area (Å²) in [5.74, 6) is 0.374. The highest BCUT2D eigenvalue weighted by Gasteiger charge is 2.03. The molecule has 4 heteroatoms. The molecule has 1 amide bonds. The number of alkyl halides is 1. The zero-order valence-electron chi connectivity index (χ0n) is 9.58. The maximum absolute atomic E-state index is 11.7. The smallest absolute Gasteiger partial charge is 0.251 e. The van der Waals surface area contributed by atoms with Crippen LogP contribution in [0.25, 0.3) is 0 Å². The van der Waals surface area contributed by atoms with Gasteiger partial charge < -0.3 is 5.32 Å². The van der Waals surface area contributed by atoms with Crippen molar-refractivity contribution in [3.8, 4) is 6.07 Å². The highest BCUT2D eigenvalue weighted by Crippen LogP contribution is 2.06. The van der Waals surface area contributed by atoms with Gasteiger partial charge in [0.05, 0.1) is 6.07 Å². The van der Waals surface area contributed by atoms with Crippen LogP contribution in [0, 0.1) is 11.3 Å². The number of amides is 1. The lowest BCUT2D eigenvalue weighted by Crippen LogP contribution is -2.24. The maximum Gasteiger partial charge on any atom is 0.251 e. The van der Waals surface area contributed by atoms with Crippen molar-refractivity contribution in [2.75, 3.05) is 6.54 Å². The van der Waals surface area contributed by atoms with Gasteiger partial charge in [-0.2, -0.15) is 5.26 Å². The third kappa shape index (κ3) is 4.88. The van der Waals surface area contributed by atoms with Crippen LogP contribution in [0.3, 0.4) is 0 Å². The minimum atomic E-state index is -0.0805. The molecule has 17 heavy (non-hydrogen) atoms. The fourth-order valence-electron chi connectivity index (χ4n) is 1.38. The largest absolute Gasteiger partial charge is 0.352 e. The number of hydrogen-bond donors (Lipinski definition) is 1. The molecule has 1 aromatic rings. The van der Waals surface area contributed by atoms with E-state index in [0.717, 1.165) is 18.4 Å². The predicted octanol–water partition coefficient (Wildman–Crippen LogP) is 2.85. The molecule has 0 saturated carbocycles. The van der Waals surface area contributed by atoms with E-state index in [0.29, 0.717) is 24.4 Å². The minimum Gasteiger partial charge on any atom is -0.352 e. The third-order valence-corrected chi connectivity index (χ3v) is 2.68. The summed E-state index contributed by atoms with van der Waals surface area (Å²) < 4.78 is 0. The van der Waals surface area contributed by atoms with Crippen molar-refractivity contribution in [2.24, 2.45) is 0 Å². The van der Waals surface area contributed by atoms with E-state index >= 15 is 0 Å². The normalized spacial score (nSPS) is 9.65. The van der Waals surface area contributed by atoms with Crippen LogP contribution in [0.1, 0.15) is 35.2 Å². The predicted molar refractivity (Wildman–Crippen MR) is 67.8 cm³/mol. The fraction of sp³-hybridized carbons (Fsp3) is 0.385. The highest BCUT2D eigenvalue weighted by atomic mass is 35.5. The average Bonchev–Trinajstić information content (AvgIpc) is 2.38. The van der Waals surface area contributed by atoms with Crippen LogP contribution < -0.4 is 5.32 Å². The number of nitrogens with one attached hydrogen (secondary N) is 1. The topological polar surface area (TPSA) is 52.9 Å². The van der Waals surface area contributed by atoms with E-state index in [1.807, 2.05) is 12.1 Å². The molecule has 0 aliphatic carbocycles. The summed E-state index contributed by atoms with van der Waals surface area (Å²) in [6.45, 7) is 0.609. The van der Waals surface area contributed by atoms with Crippen molar-refractivity contribution in [3.05, 3.63) is 35.4 Å². The Labute approximate surface area is 106 Å². The van der Waals surface area contributed by atoms with Crippen molar-refractivity contribution in [3.63, 3.8) is 0 Å². The molecule has 0 spiro atoms. The van der Waals surface area contributed by atoms with Gasteiger partial charge in [-0.15, -0.1) is 11.6 Å². The molecular formula is C13H15ClN2O. The highest BCUT2D eigenvalue weighted by molar-refractivity contribution is 6.17. The first kappa shape index (κ1) is 13.5. The van der Waals surface area contributed by atoms with E-state index in [2.05, 4.69) is 11.4 Å². The van der Waals surface area contributed by atoms with Crippen molar-refractivity contribution >= 4 is 17.5 Å². The van der Waals surface area contributed by atoms with Crippen LogP contribution in [0.15, 0.2) is 24.3 Å². The van der Waals surface area contributed by atoms with Crippen molar-refractivity contribution in [2.45, 2.75) is 25.1 Å². The number of nitrogens with zero attached hydrogens (tertiary/aromatic N) is 1. The van der Waals surface area contributed by atoms with Crippen molar-refractivity contribution in [1.29, 1.82) is 5.26 Å². The number of carbonyl (C=O) groups is 1. The minimum absolute atomic E-state index is 0.0805. The lowest BCUT2D eigenvalue weighted by atomic mass is 10.1. The van der Waals surface area contributed by atoms with Crippen LogP contribution >= 0.6 is 11.6 Å². The lowest BCUT2D eigenvalue weighted by Gasteiger charge is -2.04. The van der Waals surface area contributed by atoms with Gasteiger partial charge in [-0.3, -0.25) is 4.79 Å². The van der Waals surface area contributed by atoms with Crippen LogP contribution in [0.5, 0.6) is 0 Å². The van der Waals surface area contributed by atoms with Gasteiger partial charge in [0.2, 0.25) is 0 Å². The molecule has 3 nitrogen and oxygen atoms in total. The molecule has 0 bridgehead atoms. The SMILES string of the molecule is N#CCCCCNC(=O)c1ccc(CCl)cc1. The van der Waals surface area contributed by atoms with Crippen LogP contribution in [0.2, 0.25) is 0 Å². The van der Waals surface area contributed by atoms with Gasteiger partial charge in [0.1, 0.15) is 0 Å². The van der Waals surface area contributed by atoms with Gasteiger partial charge in [0.25, 0.3) is 5.91 Å². The summed E-state index contributed by atoms with van der Waals surface area (Å²) in [5, 5.41) is 11.2. The molecule has 0 aliphatic heterocycles. The number of carbonyl (C=O) groups excluding carboxylic acids is 1. The van der Waals surface area contributed by atoms with Crippen molar-refractivity contribution in [1.82, 2.24) is 5.32 Å². The van der Waals surface area contributed by atoms with Gasteiger partial charge in [0, 0.05) is 24.4 Å². The maximum atomic E-state index is 11.7. The Hall–Kier alpha value is -1.53. The van der Waals surface area contributed by atoms with Gasteiger partial charge >= 0.3 is 0 Å². The van der Waals surface area contributed by atoms with E-state index in [4.69, 9.17) is 16.9 Å². The number of hydrogen-bond acceptors (Lipinski definition) is 2. The number of halogens is 1. The Kier molecular flexibility index (Phi) is 6.13. The van der Waals surface area contributed by atoms with E-state index in [9.17, 15) is 4.79 Å². The summed E-state index contributed by atoms with van der Waals surface area (Å²) in [6.07, 6.45) is 2.20. The summed E-state index contributed by atoms with van der Waals surface area (Å²) in [4.78, 5) is 11.7. The summed E-state index contributed by atoms with van der Waals surface area (Å²) in [7, 11) is 0. The molecular weight excluding hydrogens is 236 g/mol. The second-order valence-electron chi connectivity index (χ2n) is 3.70. The molecule has 90 valence electrons. The van der Waals surface area contributed by atoms with Crippen molar-refractivity contribution < 1.29 is 4.79 Å². The van der Waals surface area contributed by atoms with Gasteiger partial charge in [-0.05, 0) is 30.5 Å². The van der Waals surface area contributed by atoms with E-state index in [-0.39, 0.29) is 5.91 Å². The Balaban J connectivity index is 2.34. The molecule has 0 unspecified atom stereocenters. The number of benzene rings is 1. The monoisotopic (exact) mass is 250 g/mol. The molecule has 1 rings (SSSR count). The van der Waals surface area contributed by atoms with Crippen LogP contribution in [-0.2, 0) is 5.88 Å². The number of nitriles is 1. The standard InChI is InChI=1S/C13H15ClN2O/c14-10-11-4-6-12(7-5-11)13(17)16-9-3-1-2-8-15/h4-7H,1-3,9-10H2,(H,16,17). The summed E-state index contributed by atoms with van der Waals surface area (Å²) >= 11 is 5.66. The third-order valence-electron chi connectivity index (χ3n) is 2.37. The van der Waals surface area contributed by atoms with E-state index < -0.39 is 0 Å². The fourth-order valence-corrected chi connectivity index (χ4v) is 1.56. The van der Waals surface area contributed by atoms with Gasteiger partial charge in [-0.25, -0.2) is 0 Å². The Morgan fingerprint density at radius 3 is 2.59 bits per heavy atom. The first-order valence-corrected chi connectivity index (χ1v) is 6.11. The quantitative estimate of drug-likeness (QED) is 0.624. The molecule has 0 aliphatic rings. The van der Waals surface area contributed by atoms with E-state index in [1.54, 1.807) is 12.1 Å². The molecule has 1 aromatic carbocycles. The second kappa shape index (κ2) is 7.70. The molecule has 1 N–H and O–H groups in total. The van der Waals surface area contributed by atoms with Gasteiger partial charge in [0.15, 0.2) is 0 Å². The molecule has 0 aromatic heterocycles. The Bertz CT molecular complexity index is 395. The molecule has 0 radical (unpaired) electrons. The first-order valence-electron chi connectivity index (χ1n) is 5.58. The number of unbranched alkanes of at least 4 members (excludes halogenated alkanes) is 2. The molecule has 0 fully saturated rings. The number of rotatable bonds is 6. The first-order chi connectivity index (χ1) is 8.27.